The number of nitrogens with zero attached hydrogens (tertiary/aromatic N) is 5. The van der Waals surface area contributed by atoms with Crippen molar-refractivity contribution in [3.63, 3.8) is 0 Å². The zero-order valence-electron chi connectivity index (χ0n) is 16.2. The summed E-state index contributed by atoms with van der Waals surface area (Å²) in [6.07, 6.45) is 7.04. The van der Waals surface area contributed by atoms with E-state index in [-0.39, 0.29) is 0 Å². The van der Waals surface area contributed by atoms with Gasteiger partial charge in [-0.15, -0.1) is 0 Å². The van der Waals surface area contributed by atoms with E-state index in [0.29, 0.717) is 26.2 Å². The maximum atomic E-state index is 12.7. The third kappa shape index (κ3) is 4.55. The Balaban J connectivity index is 1.41. The minimum Gasteiger partial charge on any atom is -0.354 e. The quantitative estimate of drug-likeness (QED) is 0.648. The maximum Gasteiger partial charge on any atom is 0.236 e. The van der Waals surface area contributed by atoms with E-state index in [0.717, 1.165) is 22.8 Å². The van der Waals surface area contributed by atoms with Gasteiger partial charge < -0.3 is 9.47 Å². The van der Waals surface area contributed by atoms with Crippen molar-refractivity contribution in [1.29, 1.82) is 0 Å². The molecule has 1 aliphatic heterocycles. The van der Waals surface area contributed by atoms with Gasteiger partial charge in [-0.2, -0.15) is 4.31 Å². The van der Waals surface area contributed by atoms with Crippen LogP contribution in [0, 0.1) is 6.92 Å². The average molecular weight is 410 g/mol. The summed E-state index contributed by atoms with van der Waals surface area (Å²) in [6.45, 7) is 4.01. The molecule has 8 heteroatoms. The van der Waals surface area contributed by atoms with E-state index in [1.54, 1.807) is 6.08 Å². The zero-order chi connectivity index (χ0) is 20.3. The summed E-state index contributed by atoms with van der Waals surface area (Å²) in [7, 11) is -3.45. The van der Waals surface area contributed by atoms with Crippen LogP contribution in [0.3, 0.4) is 0 Å². The van der Waals surface area contributed by atoms with Gasteiger partial charge in [-0.1, -0.05) is 29.8 Å². The first-order chi connectivity index (χ1) is 14.0. The van der Waals surface area contributed by atoms with Crippen molar-refractivity contribution in [3.05, 3.63) is 77.7 Å². The normalized spacial score (nSPS) is 15.8. The molecule has 150 valence electrons. The Morgan fingerprint density at radius 3 is 2.28 bits per heavy atom. The Morgan fingerprint density at radius 1 is 0.931 bits per heavy atom. The highest BCUT2D eigenvalue weighted by atomic mass is 32.2. The number of anilines is 1. The van der Waals surface area contributed by atoms with Gasteiger partial charge in [0.25, 0.3) is 0 Å². The first-order valence-corrected chi connectivity index (χ1v) is 11.0. The van der Waals surface area contributed by atoms with Gasteiger partial charge in [0.15, 0.2) is 0 Å². The lowest BCUT2D eigenvalue weighted by Gasteiger charge is -2.34. The van der Waals surface area contributed by atoms with Crippen LogP contribution in [0.2, 0.25) is 0 Å². The van der Waals surface area contributed by atoms with Crippen LogP contribution in [0.1, 0.15) is 11.1 Å². The van der Waals surface area contributed by atoms with Crippen LogP contribution in [0.5, 0.6) is 0 Å². The molecular weight excluding hydrogens is 386 g/mol. The van der Waals surface area contributed by atoms with Gasteiger partial charge in [-0.25, -0.2) is 18.4 Å². The first kappa shape index (κ1) is 19.4. The van der Waals surface area contributed by atoms with E-state index < -0.39 is 10.0 Å². The number of rotatable bonds is 5. The molecular formula is C21H23N5O2S. The maximum absolute atomic E-state index is 12.7. The fraction of sp³-hybridized carbons (Fsp3) is 0.238. The number of hydrogen-bond donors (Lipinski definition) is 0. The molecule has 0 saturated carbocycles. The smallest absolute Gasteiger partial charge is 0.236 e. The molecule has 2 aromatic heterocycles. The minimum atomic E-state index is -3.45. The van der Waals surface area contributed by atoms with Crippen LogP contribution in [0.25, 0.3) is 11.9 Å². The van der Waals surface area contributed by atoms with Crippen molar-refractivity contribution in [2.75, 3.05) is 31.1 Å². The van der Waals surface area contributed by atoms with Crippen LogP contribution < -0.4 is 4.90 Å². The molecule has 0 amide bonds. The van der Waals surface area contributed by atoms with Crippen molar-refractivity contribution in [1.82, 2.24) is 18.8 Å². The minimum absolute atomic E-state index is 0.420. The van der Waals surface area contributed by atoms with Crippen LogP contribution in [0.15, 0.2) is 66.6 Å². The standard InChI is InChI=1S/C21H23N5O2S/c1-18-4-6-19(7-5-18)8-15-29(27,28)26-13-11-25(12-14-26)21-16-20(22-17-23-21)24-9-2-3-10-24/h2-10,15-17H,11-14H2,1H3/b15-8+. The molecule has 1 aliphatic rings. The van der Waals surface area contributed by atoms with Gasteiger partial charge >= 0.3 is 0 Å². The second-order valence-electron chi connectivity index (χ2n) is 6.97. The molecule has 0 bridgehead atoms. The lowest BCUT2D eigenvalue weighted by Crippen LogP contribution is -2.48. The van der Waals surface area contributed by atoms with E-state index in [4.69, 9.17) is 0 Å². The topological polar surface area (TPSA) is 71.3 Å². The summed E-state index contributed by atoms with van der Waals surface area (Å²) in [6, 6.07) is 13.6. The van der Waals surface area contributed by atoms with Crippen molar-refractivity contribution >= 4 is 21.9 Å². The molecule has 3 aromatic rings. The molecule has 1 aromatic carbocycles. The third-order valence-electron chi connectivity index (χ3n) is 4.94. The molecule has 3 heterocycles. The van der Waals surface area contributed by atoms with E-state index in [9.17, 15) is 8.42 Å². The largest absolute Gasteiger partial charge is 0.354 e. The molecule has 29 heavy (non-hydrogen) atoms. The number of aromatic nitrogens is 3. The van der Waals surface area contributed by atoms with Crippen LogP contribution in [0.4, 0.5) is 5.82 Å². The Bertz CT molecular complexity index is 1080. The van der Waals surface area contributed by atoms with E-state index in [2.05, 4.69) is 14.9 Å². The lowest BCUT2D eigenvalue weighted by atomic mass is 10.2. The second-order valence-corrected chi connectivity index (χ2v) is 8.79. The average Bonchev–Trinajstić information content (AvgIpc) is 3.29. The highest BCUT2D eigenvalue weighted by Crippen LogP contribution is 2.18. The van der Waals surface area contributed by atoms with Gasteiger partial charge in [0.1, 0.15) is 18.0 Å². The van der Waals surface area contributed by atoms with Crippen LogP contribution in [-0.4, -0.2) is 53.4 Å². The van der Waals surface area contributed by atoms with Gasteiger partial charge in [-0.3, -0.25) is 0 Å². The van der Waals surface area contributed by atoms with Gasteiger partial charge in [0.05, 0.1) is 0 Å². The summed E-state index contributed by atoms with van der Waals surface area (Å²) in [5.74, 6) is 1.59. The van der Waals surface area contributed by atoms with Crippen molar-refractivity contribution in [2.24, 2.45) is 0 Å². The third-order valence-corrected chi connectivity index (χ3v) is 6.50. The second kappa shape index (κ2) is 8.18. The summed E-state index contributed by atoms with van der Waals surface area (Å²) in [4.78, 5) is 10.7. The Hall–Kier alpha value is -2.97. The molecule has 7 nitrogen and oxygen atoms in total. The van der Waals surface area contributed by atoms with Crippen molar-refractivity contribution in [2.45, 2.75) is 6.92 Å². The molecule has 0 spiro atoms. The van der Waals surface area contributed by atoms with Crippen molar-refractivity contribution in [3.8, 4) is 5.82 Å². The Kier molecular flexibility index (Phi) is 5.46. The summed E-state index contributed by atoms with van der Waals surface area (Å²) < 4.78 is 28.8. The monoisotopic (exact) mass is 409 g/mol. The SMILES string of the molecule is Cc1ccc(/C=C/S(=O)(=O)N2CCN(c3cc(-n4cccc4)ncn3)CC2)cc1. The Morgan fingerprint density at radius 2 is 1.59 bits per heavy atom. The number of sulfonamides is 1. The van der Waals surface area contributed by atoms with Crippen molar-refractivity contribution < 1.29 is 8.42 Å². The molecule has 1 fully saturated rings. The summed E-state index contributed by atoms with van der Waals surface area (Å²) >= 11 is 0. The number of benzene rings is 1. The number of aryl methyl sites for hydroxylation is 1. The van der Waals surface area contributed by atoms with Crippen LogP contribution >= 0.6 is 0 Å². The van der Waals surface area contributed by atoms with Gasteiger partial charge in [0.2, 0.25) is 10.0 Å². The molecule has 0 radical (unpaired) electrons. The molecule has 0 unspecified atom stereocenters. The number of hydrogen-bond acceptors (Lipinski definition) is 5. The zero-order valence-corrected chi connectivity index (χ0v) is 17.0. The first-order valence-electron chi connectivity index (χ1n) is 9.46. The summed E-state index contributed by atoms with van der Waals surface area (Å²) in [5.41, 5.74) is 2.02. The van der Waals surface area contributed by atoms with E-state index in [1.807, 2.05) is 66.3 Å². The predicted molar refractivity (Wildman–Crippen MR) is 114 cm³/mol. The van der Waals surface area contributed by atoms with E-state index in [1.165, 1.54) is 16.0 Å². The predicted octanol–water partition coefficient (Wildman–Crippen LogP) is 2.70. The highest BCUT2D eigenvalue weighted by Gasteiger charge is 2.25. The summed E-state index contributed by atoms with van der Waals surface area (Å²) in [5, 5.41) is 1.29. The molecule has 4 rings (SSSR count). The van der Waals surface area contributed by atoms with Gasteiger partial charge in [0, 0.05) is 50.0 Å². The molecule has 0 N–H and O–H groups in total. The molecule has 1 saturated heterocycles. The lowest BCUT2D eigenvalue weighted by molar-refractivity contribution is 0.389. The highest BCUT2D eigenvalue weighted by molar-refractivity contribution is 7.92. The Labute approximate surface area is 171 Å². The van der Waals surface area contributed by atoms with E-state index >= 15 is 0 Å². The fourth-order valence-electron chi connectivity index (χ4n) is 3.24. The fourth-order valence-corrected chi connectivity index (χ4v) is 4.41. The molecule has 0 aliphatic carbocycles. The van der Waals surface area contributed by atoms with Crippen LogP contribution in [-0.2, 0) is 10.0 Å². The van der Waals surface area contributed by atoms with Gasteiger partial charge in [-0.05, 0) is 30.7 Å². The number of piperazine rings is 1. The molecule has 0 atom stereocenters.